The van der Waals surface area contributed by atoms with E-state index in [9.17, 15) is 9.90 Å². The van der Waals surface area contributed by atoms with E-state index in [-0.39, 0.29) is 5.92 Å². The lowest BCUT2D eigenvalue weighted by Gasteiger charge is -2.32. The van der Waals surface area contributed by atoms with E-state index in [2.05, 4.69) is 25.1 Å². The Morgan fingerprint density at radius 1 is 1.36 bits per heavy atom. The van der Waals surface area contributed by atoms with E-state index < -0.39 is 5.97 Å². The molecule has 3 aromatic heterocycles. The number of carboxylic acids is 1. The van der Waals surface area contributed by atoms with E-state index in [1.807, 2.05) is 11.0 Å². The third-order valence-electron chi connectivity index (χ3n) is 4.12. The van der Waals surface area contributed by atoms with Crippen molar-refractivity contribution in [3.63, 3.8) is 0 Å². The van der Waals surface area contributed by atoms with Crippen LogP contribution in [0.15, 0.2) is 18.6 Å². The maximum atomic E-state index is 11.3. The minimum absolute atomic E-state index is 0.365. The lowest BCUT2D eigenvalue weighted by molar-refractivity contribution is -0.141. The summed E-state index contributed by atoms with van der Waals surface area (Å²) in [5.41, 5.74) is 1.20. The molecule has 0 aromatic carbocycles. The summed E-state index contributed by atoms with van der Waals surface area (Å²) in [7, 11) is 0. The second-order valence-corrected chi connectivity index (χ2v) is 5.46. The van der Waals surface area contributed by atoms with E-state index in [0.717, 1.165) is 29.6 Å². The maximum Gasteiger partial charge on any atom is 0.308 e. The van der Waals surface area contributed by atoms with Gasteiger partial charge in [0.05, 0.1) is 11.3 Å². The van der Waals surface area contributed by atoms with Crippen molar-refractivity contribution in [2.24, 2.45) is 5.92 Å². The number of rotatable bonds is 2. The monoisotopic (exact) mass is 298 g/mol. The van der Waals surface area contributed by atoms with Crippen molar-refractivity contribution < 1.29 is 9.90 Å². The van der Waals surface area contributed by atoms with E-state index >= 15 is 0 Å². The number of fused-ring (bicyclic) bond motifs is 3. The van der Waals surface area contributed by atoms with Crippen molar-refractivity contribution in [1.82, 2.24) is 25.1 Å². The van der Waals surface area contributed by atoms with Gasteiger partial charge >= 0.3 is 5.97 Å². The highest BCUT2D eigenvalue weighted by Gasteiger charge is 2.27. The molecule has 0 spiro atoms. The van der Waals surface area contributed by atoms with Crippen molar-refractivity contribution in [3.05, 3.63) is 18.6 Å². The summed E-state index contributed by atoms with van der Waals surface area (Å²) in [4.78, 5) is 24.9. The summed E-state index contributed by atoms with van der Waals surface area (Å²) in [5, 5.41) is 19.2. The molecule has 1 unspecified atom stereocenters. The molecule has 1 atom stereocenters. The first-order valence-corrected chi connectivity index (χ1v) is 7.16. The van der Waals surface area contributed by atoms with Gasteiger partial charge < -0.3 is 15.0 Å². The Balaban J connectivity index is 1.87. The molecule has 112 valence electrons. The molecule has 8 nitrogen and oxygen atoms in total. The number of aromatic nitrogens is 5. The number of H-pyrrole nitrogens is 1. The number of carboxylic acid groups (broad SMARTS) is 1. The van der Waals surface area contributed by atoms with Crippen LogP contribution in [0.2, 0.25) is 0 Å². The molecule has 0 bridgehead atoms. The molecule has 0 aliphatic carbocycles. The van der Waals surface area contributed by atoms with Crippen molar-refractivity contribution in [2.75, 3.05) is 18.0 Å². The molecule has 0 saturated carbocycles. The summed E-state index contributed by atoms with van der Waals surface area (Å²) in [6.45, 7) is 1.24. The van der Waals surface area contributed by atoms with Crippen LogP contribution in [0.5, 0.6) is 0 Å². The third-order valence-corrected chi connectivity index (χ3v) is 4.12. The van der Waals surface area contributed by atoms with E-state index in [1.165, 1.54) is 6.33 Å². The minimum Gasteiger partial charge on any atom is -0.481 e. The van der Waals surface area contributed by atoms with Crippen LogP contribution < -0.4 is 4.90 Å². The van der Waals surface area contributed by atoms with Gasteiger partial charge in [-0.25, -0.2) is 9.97 Å². The predicted molar refractivity (Wildman–Crippen MR) is 79.6 cm³/mol. The topological polar surface area (TPSA) is 108 Å². The second kappa shape index (κ2) is 4.90. The molecule has 3 aromatic rings. The average Bonchev–Trinajstić information content (AvgIpc) is 3.03. The molecule has 4 rings (SSSR count). The van der Waals surface area contributed by atoms with Crippen LogP contribution >= 0.6 is 0 Å². The molecule has 0 amide bonds. The fourth-order valence-corrected chi connectivity index (χ4v) is 3.04. The van der Waals surface area contributed by atoms with Gasteiger partial charge in [-0.05, 0) is 18.9 Å². The Kier molecular flexibility index (Phi) is 2.88. The van der Waals surface area contributed by atoms with E-state index in [0.29, 0.717) is 24.3 Å². The van der Waals surface area contributed by atoms with Crippen LogP contribution in [0.1, 0.15) is 12.8 Å². The number of carbonyl (C=O) groups is 1. The fourth-order valence-electron chi connectivity index (χ4n) is 3.04. The van der Waals surface area contributed by atoms with Crippen molar-refractivity contribution in [3.8, 4) is 0 Å². The number of nitrogens with one attached hydrogen (secondary N) is 1. The Labute approximate surface area is 125 Å². The SMILES string of the molecule is O=C(O)C1CCCN(c2ncnc3nnc4[nH]ccc4c23)C1. The smallest absolute Gasteiger partial charge is 0.308 e. The summed E-state index contributed by atoms with van der Waals surface area (Å²) in [5.74, 6) is -0.389. The molecule has 22 heavy (non-hydrogen) atoms. The largest absolute Gasteiger partial charge is 0.481 e. The zero-order valence-corrected chi connectivity index (χ0v) is 11.7. The molecule has 8 heteroatoms. The van der Waals surface area contributed by atoms with Crippen LogP contribution in [0.25, 0.3) is 22.1 Å². The Hall–Kier alpha value is -2.77. The lowest BCUT2D eigenvalue weighted by Crippen LogP contribution is -2.39. The van der Waals surface area contributed by atoms with Crippen molar-refractivity contribution in [2.45, 2.75) is 12.8 Å². The molecular weight excluding hydrogens is 284 g/mol. The summed E-state index contributed by atoms with van der Waals surface area (Å²) in [6.07, 6.45) is 4.78. The number of aliphatic carboxylic acids is 1. The minimum atomic E-state index is -0.755. The summed E-state index contributed by atoms with van der Waals surface area (Å²) in [6, 6.07) is 1.91. The average molecular weight is 298 g/mol. The van der Waals surface area contributed by atoms with Gasteiger partial charge in [-0.1, -0.05) is 0 Å². The Morgan fingerprint density at radius 3 is 3.14 bits per heavy atom. The highest BCUT2D eigenvalue weighted by molar-refractivity contribution is 6.07. The van der Waals surface area contributed by atoms with E-state index in [1.54, 1.807) is 6.20 Å². The number of hydrogen-bond donors (Lipinski definition) is 2. The summed E-state index contributed by atoms with van der Waals surface area (Å²) >= 11 is 0. The number of aromatic amines is 1. The van der Waals surface area contributed by atoms with E-state index in [4.69, 9.17) is 0 Å². The maximum absolute atomic E-state index is 11.3. The number of anilines is 1. The molecular formula is C14H14N6O2. The van der Waals surface area contributed by atoms with Crippen LogP contribution in [0.3, 0.4) is 0 Å². The number of hydrogen-bond acceptors (Lipinski definition) is 6. The quantitative estimate of drug-likeness (QED) is 0.731. The molecule has 1 fully saturated rings. The zero-order chi connectivity index (χ0) is 15.1. The standard InChI is InChI=1S/C14H14N6O2/c21-14(22)8-2-1-5-20(6-8)13-10-9-3-4-15-11(9)18-19-12(10)16-7-17-13/h3-4,7-8H,1-2,5-6H2,(H,15,18)(H,21,22). The normalized spacial score (nSPS) is 18.9. The van der Waals surface area contributed by atoms with Gasteiger partial charge in [-0.3, -0.25) is 4.79 Å². The van der Waals surface area contributed by atoms with Crippen LogP contribution in [0.4, 0.5) is 5.82 Å². The van der Waals surface area contributed by atoms with Gasteiger partial charge in [-0.15, -0.1) is 10.2 Å². The third kappa shape index (κ3) is 1.95. The summed E-state index contributed by atoms with van der Waals surface area (Å²) < 4.78 is 0. The molecule has 1 aliphatic heterocycles. The number of nitrogens with zero attached hydrogens (tertiary/aromatic N) is 5. The first-order valence-electron chi connectivity index (χ1n) is 7.16. The first-order chi connectivity index (χ1) is 10.7. The zero-order valence-electron chi connectivity index (χ0n) is 11.7. The Morgan fingerprint density at radius 2 is 2.27 bits per heavy atom. The molecule has 2 N–H and O–H groups in total. The van der Waals surface area contributed by atoms with Gasteiger partial charge in [0, 0.05) is 24.7 Å². The van der Waals surface area contributed by atoms with Gasteiger partial charge in [-0.2, -0.15) is 0 Å². The number of piperidine rings is 1. The predicted octanol–water partition coefficient (Wildman–Crippen LogP) is 1.20. The molecule has 0 radical (unpaired) electrons. The second-order valence-electron chi connectivity index (χ2n) is 5.46. The van der Waals surface area contributed by atoms with Gasteiger partial charge in [0.25, 0.3) is 0 Å². The molecule has 1 aliphatic rings. The van der Waals surface area contributed by atoms with Crippen LogP contribution in [-0.4, -0.2) is 49.3 Å². The lowest BCUT2D eigenvalue weighted by atomic mass is 9.98. The molecule has 4 heterocycles. The first kappa shape index (κ1) is 12.9. The fraction of sp³-hybridized carbons (Fsp3) is 0.357. The Bertz CT molecular complexity index is 861. The highest BCUT2D eigenvalue weighted by atomic mass is 16.4. The molecule has 1 saturated heterocycles. The van der Waals surface area contributed by atoms with Gasteiger partial charge in [0.2, 0.25) is 0 Å². The van der Waals surface area contributed by atoms with Gasteiger partial charge in [0.1, 0.15) is 12.1 Å². The van der Waals surface area contributed by atoms with Gasteiger partial charge in [0.15, 0.2) is 11.3 Å². The highest BCUT2D eigenvalue weighted by Crippen LogP contribution is 2.30. The van der Waals surface area contributed by atoms with Crippen molar-refractivity contribution in [1.29, 1.82) is 0 Å². The van der Waals surface area contributed by atoms with Crippen LogP contribution in [-0.2, 0) is 4.79 Å². The van der Waals surface area contributed by atoms with Crippen LogP contribution in [0, 0.1) is 5.92 Å². The van der Waals surface area contributed by atoms with Crippen molar-refractivity contribution >= 4 is 33.9 Å².